The molecule has 142 valence electrons. The van der Waals surface area contributed by atoms with Crippen LogP contribution >= 0.6 is 11.6 Å². The molecule has 11 heteroatoms. The van der Waals surface area contributed by atoms with E-state index < -0.39 is 28.5 Å². The molecule has 0 aromatic carbocycles. The van der Waals surface area contributed by atoms with Gasteiger partial charge in [-0.25, -0.2) is 9.78 Å². The number of piperidine rings is 1. The molecule has 27 heavy (non-hydrogen) atoms. The van der Waals surface area contributed by atoms with Gasteiger partial charge in [0, 0.05) is 24.8 Å². The van der Waals surface area contributed by atoms with Gasteiger partial charge in [-0.15, -0.1) is 0 Å². The maximum Gasteiger partial charge on any atom is 0.417 e. The van der Waals surface area contributed by atoms with E-state index in [1.807, 2.05) is 0 Å². The molecule has 0 atom stereocenters. The third kappa shape index (κ3) is 3.83. The molecule has 3 rings (SSSR count). The number of carboxylic acid groups (broad SMARTS) is 1. The van der Waals surface area contributed by atoms with E-state index >= 15 is 0 Å². The SMILES string of the molecule is N#Cc1c(C(F)(F)F)cc(-c2cnn(C3CCN(C(=O)O)CC3)c2)nc1Cl. The van der Waals surface area contributed by atoms with Crippen LogP contribution < -0.4 is 0 Å². The number of nitriles is 1. The van der Waals surface area contributed by atoms with Crippen molar-refractivity contribution in [3.63, 3.8) is 0 Å². The molecule has 1 aliphatic rings. The van der Waals surface area contributed by atoms with Crippen LogP contribution in [-0.2, 0) is 6.18 Å². The highest BCUT2D eigenvalue weighted by Crippen LogP contribution is 2.36. The second-order valence-corrected chi connectivity index (χ2v) is 6.40. The first-order valence-corrected chi connectivity index (χ1v) is 8.28. The number of pyridine rings is 1. The molecule has 0 unspecified atom stereocenters. The molecule has 1 amide bonds. The van der Waals surface area contributed by atoms with Crippen LogP contribution in [0, 0.1) is 11.3 Å². The lowest BCUT2D eigenvalue weighted by atomic mass is 10.1. The molecular formula is C16H13ClF3N5O2. The zero-order valence-corrected chi connectivity index (χ0v) is 14.5. The summed E-state index contributed by atoms with van der Waals surface area (Å²) in [6, 6.07) is 2.14. The number of likely N-dealkylation sites (tertiary alicyclic amines) is 1. The summed E-state index contributed by atoms with van der Waals surface area (Å²) >= 11 is 5.77. The zero-order valence-electron chi connectivity index (χ0n) is 13.7. The number of halogens is 4. The van der Waals surface area contributed by atoms with E-state index in [9.17, 15) is 18.0 Å². The van der Waals surface area contributed by atoms with Gasteiger partial charge in [0.15, 0.2) is 0 Å². The summed E-state index contributed by atoms with van der Waals surface area (Å²) in [4.78, 5) is 16.1. The van der Waals surface area contributed by atoms with Crippen molar-refractivity contribution >= 4 is 17.7 Å². The number of alkyl halides is 3. The number of rotatable bonds is 2. The van der Waals surface area contributed by atoms with E-state index in [0.29, 0.717) is 31.5 Å². The Morgan fingerprint density at radius 2 is 2.04 bits per heavy atom. The van der Waals surface area contributed by atoms with Gasteiger partial charge in [0.05, 0.1) is 23.5 Å². The summed E-state index contributed by atoms with van der Waals surface area (Å²) in [6.45, 7) is 0.711. The van der Waals surface area contributed by atoms with Gasteiger partial charge < -0.3 is 10.0 Å². The lowest BCUT2D eigenvalue weighted by molar-refractivity contribution is -0.137. The predicted molar refractivity (Wildman–Crippen MR) is 88.1 cm³/mol. The van der Waals surface area contributed by atoms with Gasteiger partial charge in [0.1, 0.15) is 16.8 Å². The fourth-order valence-electron chi connectivity index (χ4n) is 2.98. The zero-order chi connectivity index (χ0) is 19.8. The van der Waals surface area contributed by atoms with Crippen molar-refractivity contribution in [1.29, 1.82) is 5.26 Å². The van der Waals surface area contributed by atoms with E-state index in [1.165, 1.54) is 17.2 Å². The molecule has 0 spiro atoms. The van der Waals surface area contributed by atoms with Crippen LogP contribution in [0.4, 0.5) is 18.0 Å². The van der Waals surface area contributed by atoms with Gasteiger partial charge in [-0.2, -0.15) is 23.5 Å². The maximum atomic E-state index is 13.2. The number of hydrogen-bond acceptors (Lipinski definition) is 4. The minimum absolute atomic E-state index is 0.0412. The molecule has 0 saturated carbocycles. The molecule has 1 N–H and O–H groups in total. The van der Waals surface area contributed by atoms with Crippen molar-refractivity contribution in [1.82, 2.24) is 19.7 Å². The molecule has 0 aliphatic carbocycles. The Kier molecular flexibility index (Phi) is 4.97. The van der Waals surface area contributed by atoms with Crippen LogP contribution in [0.5, 0.6) is 0 Å². The van der Waals surface area contributed by atoms with Crippen LogP contribution in [0.2, 0.25) is 5.15 Å². The number of carbonyl (C=O) groups is 1. The average Bonchev–Trinajstić information content (AvgIpc) is 3.10. The standard InChI is InChI=1S/C16H13ClF3N5O2/c17-14-11(6-21)12(16(18,19)20)5-13(23-14)9-7-22-25(8-9)10-1-3-24(4-2-10)15(26)27/h5,7-8,10H,1-4H2,(H,26,27). The van der Waals surface area contributed by atoms with Crippen molar-refractivity contribution < 1.29 is 23.1 Å². The molecule has 3 heterocycles. The molecule has 1 fully saturated rings. The Morgan fingerprint density at radius 3 is 2.59 bits per heavy atom. The third-order valence-electron chi connectivity index (χ3n) is 4.40. The maximum absolute atomic E-state index is 13.2. The van der Waals surface area contributed by atoms with E-state index in [4.69, 9.17) is 22.0 Å². The van der Waals surface area contributed by atoms with Gasteiger partial charge in [-0.1, -0.05) is 11.6 Å². The van der Waals surface area contributed by atoms with Gasteiger partial charge in [-0.05, 0) is 18.9 Å². The van der Waals surface area contributed by atoms with Crippen molar-refractivity contribution in [2.75, 3.05) is 13.1 Å². The van der Waals surface area contributed by atoms with Crippen molar-refractivity contribution in [3.05, 3.63) is 34.7 Å². The number of aromatic nitrogens is 3. The monoisotopic (exact) mass is 399 g/mol. The van der Waals surface area contributed by atoms with E-state index in [-0.39, 0.29) is 11.7 Å². The van der Waals surface area contributed by atoms with Crippen LogP contribution in [0.1, 0.15) is 30.0 Å². The lowest BCUT2D eigenvalue weighted by Crippen LogP contribution is -2.38. The topological polar surface area (TPSA) is 95.0 Å². The largest absolute Gasteiger partial charge is 0.465 e. The molecule has 0 radical (unpaired) electrons. The van der Waals surface area contributed by atoms with Gasteiger partial charge in [-0.3, -0.25) is 4.68 Å². The second-order valence-electron chi connectivity index (χ2n) is 6.04. The number of hydrogen-bond donors (Lipinski definition) is 1. The molecule has 2 aromatic rings. The van der Waals surface area contributed by atoms with Crippen LogP contribution in [0.15, 0.2) is 18.5 Å². The highest BCUT2D eigenvalue weighted by molar-refractivity contribution is 6.30. The first-order valence-electron chi connectivity index (χ1n) is 7.91. The van der Waals surface area contributed by atoms with Crippen molar-refractivity contribution in [3.8, 4) is 17.3 Å². The minimum atomic E-state index is -4.74. The second kappa shape index (κ2) is 7.08. The van der Waals surface area contributed by atoms with Crippen LogP contribution in [0.25, 0.3) is 11.3 Å². The van der Waals surface area contributed by atoms with Crippen molar-refractivity contribution in [2.45, 2.75) is 25.1 Å². The van der Waals surface area contributed by atoms with Crippen LogP contribution in [0.3, 0.4) is 0 Å². The molecule has 2 aromatic heterocycles. The highest BCUT2D eigenvalue weighted by Gasteiger charge is 2.36. The van der Waals surface area contributed by atoms with E-state index in [2.05, 4.69) is 10.1 Å². The number of nitrogens with zero attached hydrogens (tertiary/aromatic N) is 5. The molecule has 7 nitrogen and oxygen atoms in total. The van der Waals surface area contributed by atoms with Gasteiger partial charge in [0.2, 0.25) is 0 Å². The quantitative estimate of drug-likeness (QED) is 0.775. The summed E-state index contributed by atoms with van der Waals surface area (Å²) in [5.41, 5.74) is -1.59. The van der Waals surface area contributed by atoms with Crippen LogP contribution in [-0.4, -0.2) is 44.0 Å². The fraction of sp³-hybridized carbons (Fsp3) is 0.375. The Morgan fingerprint density at radius 1 is 1.37 bits per heavy atom. The summed E-state index contributed by atoms with van der Waals surface area (Å²) in [5.74, 6) is 0. The fourth-order valence-corrected chi connectivity index (χ4v) is 3.22. The normalized spacial score (nSPS) is 15.6. The van der Waals surface area contributed by atoms with Crippen molar-refractivity contribution in [2.24, 2.45) is 0 Å². The van der Waals surface area contributed by atoms with Gasteiger partial charge >= 0.3 is 12.3 Å². The highest BCUT2D eigenvalue weighted by atomic mass is 35.5. The smallest absolute Gasteiger partial charge is 0.417 e. The summed E-state index contributed by atoms with van der Waals surface area (Å²) in [7, 11) is 0. The Labute approximate surface area is 156 Å². The third-order valence-corrected chi connectivity index (χ3v) is 4.67. The minimum Gasteiger partial charge on any atom is -0.465 e. The van der Waals surface area contributed by atoms with E-state index in [0.717, 1.165) is 6.07 Å². The molecule has 1 aliphatic heterocycles. The first-order chi connectivity index (χ1) is 12.7. The summed E-state index contributed by atoms with van der Waals surface area (Å²) in [6.07, 6.45) is -1.72. The average molecular weight is 400 g/mol. The molecule has 0 bridgehead atoms. The molecular weight excluding hydrogens is 387 g/mol. The Bertz CT molecular complexity index is 914. The predicted octanol–water partition coefficient (Wildman–Crippen LogP) is 3.80. The Hall–Kier alpha value is -2.80. The van der Waals surface area contributed by atoms with E-state index in [1.54, 1.807) is 10.9 Å². The first kappa shape index (κ1) is 19.0. The lowest BCUT2D eigenvalue weighted by Gasteiger charge is -2.30. The molecule has 1 saturated heterocycles. The van der Waals surface area contributed by atoms with Gasteiger partial charge in [0.25, 0.3) is 0 Å². The number of amides is 1. The Balaban J connectivity index is 1.88. The summed E-state index contributed by atoms with van der Waals surface area (Å²) < 4.78 is 41.2. The summed E-state index contributed by atoms with van der Waals surface area (Å²) in [5, 5.41) is 21.5.